The smallest absolute Gasteiger partial charge is 0.0935 e. The van der Waals surface area contributed by atoms with Gasteiger partial charge in [-0.15, -0.1) is 11.6 Å². The summed E-state index contributed by atoms with van der Waals surface area (Å²) < 4.78 is 0. The summed E-state index contributed by atoms with van der Waals surface area (Å²) in [6, 6.07) is 10.5. The summed E-state index contributed by atoms with van der Waals surface area (Å²) >= 11 is 6.09. The maximum Gasteiger partial charge on any atom is 0.0935 e. The molecular weight excluding hydrogens is 208 g/mol. The minimum absolute atomic E-state index is 0.465. The van der Waals surface area contributed by atoms with Gasteiger partial charge >= 0.3 is 0 Å². The quantitative estimate of drug-likeness (QED) is 0.617. The lowest BCUT2D eigenvalue weighted by Crippen LogP contribution is -2.46. The molecule has 0 unspecified atom stereocenters. The van der Waals surface area contributed by atoms with E-state index in [4.69, 9.17) is 17.3 Å². The Labute approximate surface area is 96.0 Å². The lowest BCUT2D eigenvalue weighted by atomic mass is 10.0. The van der Waals surface area contributed by atoms with Crippen LogP contribution in [0, 0.1) is 0 Å². The first-order chi connectivity index (χ1) is 7.16. The summed E-state index contributed by atoms with van der Waals surface area (Å²) in [5.74, 6) is 0. The summed E-state index contributed by atoms with van der Waals surface area (Å²) in [5, 5.41) is 0. The van der Waals surface area contributed by atoms with Crippen LogP contribution in [-0.4, -0.2) is 23.0 Å². The average Bonchev–Trinajstić information content (AvgIpc) is 2.23. The van der Waals surface area contributed by atoms with Gasteiger partial charge in [-0.05, 0) is 18.4 Å². The van der Waals surface area contributed by atoms with E-state index in [9.17, 15) is 0 Å². The van der Waals surface area contributed by atoms with Crippen LogP contribution in [0.2, 0.25) is 0 Å². The highest BCUT2D eigenvalue weighted by Gasteiger charge is 2.27. The molecule has 0 aliphatic carbocycles. The Morgan fingerprint density at radius 3 is 2.40 bits per heavy atom. The van der Waals surface area contributed by atoms with Gasteiger partial charge in [-0.3, -0.25) is 4.90 Å². The Morgan fingerprint density at radius 2 is 1.80 bits per heavy atom. The first-order valence-electron chi connectivity index (χ1n) is 5.40. The Morgan fingerprint density at radius 1 is 1.20 bits per heavy atom. The number of likely N-dealkylation sites (tertiary alicyclic amines) is 1. The van der Waals surface area contributed by atoms with E-state index >= 15 is 0 Å². The maximum absolute atomic E-state index is 6.09. The molecule has 0 bridgehead atoms. The number of alkyl halides is 1. The van der Waals surface area contributed by atoms with E-state index in [-0.39, 0.29) is 0 Å². The lowest BCUT2D eigenvalue weighted by Gasteiger charge is -2.35. The first kappa shape index (κ1) is 10.9. The molecule has 1 aromatic rings. The van der Waals surface area contributed by atoms with Crippen molar-refractivity contribution in [3.05, 3.63) is 35.9 Å². The maximum atomic E-state index is 6.09. The van der Waals surface area contributed by atoms with Crippen LogP contribution in [0.4, 0.5) is 0 Å². The third-order valence-electron chi connectivity index (χ3n) is 2.94. The van der Waals surface area contributed by atoms with Crippen LogP contribution in [0.3, 0.4) is 0 Å². The van der Waals surface area contributed by atoms with Crippen LogP contribution in [0.15, 0.2) is 30.3 Å². The van der Waals surface area contributed by atoms with Crippen LogP contribution in [0.5, 0.6) is 0 Å². The molecule has 0 radical (unpaired) electrons. The molecule has 0 spiro atoms. The topological polar surface area (TPSA) is 29.3 Å². The van der Waals surface area contributed by atoms with E-state index in [0.717, 1.165) is 32.5 Å². The fourth-order valence-electron chi connectivity index (χ4n) is 1.92. The summed E-state index contributed by atoms with van der Waals surface area (Å²) in [4.78, 5) is 1.94. The number of piperidine rings is 1. The first-order valence-corrected chi connectivity index (χ1v) is 5.78. The van der Waals surface area contributed by atoms with Crippen molar-refractivity contribution in [3.63, 3.8) is 0 Å². The van der Waals surface area contributed by atoms with Gasteiger partial charge in [0.25, 0.3) is 0 Å². The number of nitrogens with two attached hydrogens (primary N) is 1. The second-order valence-electron chi connectivity index (χ2n) is 4.30. The Bertz CT molecular complexity index is 301. The number of nitrogens with zero attached hydrogens (tertiary/aromatic N) is 1. The normalized spacial score (nSPS) is 21.5. The Hall–Kier alpha value is -0.570. The van der Waals surface area contributed by atoms with Crippen molar-refractivity contribution in [2.75, 3.05) is 13.1 Å². The van der Waals surface area contributed by atoms with Crippen LogP contribution in [-0.2, 0) is 6.54 Å². The van der Waals surface area contributed by atoms with E-state index in [2.05, 4.69) is 29.2 Å². The molecule has 1 fully saturated rings. The highest BCUT2D eigenvalue weighted by molar-refractivity contribution is 6.23. The Kier molecular flexibility index (Phi) is 3.29. The second-order valence-corrected chi connectivity index (χ2v) is 5.05. The van der Waals surface area contributed by atoms with Gasteiger partial charge in [0.1, 0.15) is 0 Å². The third-order valence-corrected chi connectivity index (χ3v) is 3.31. The molecular formula is C12H17ClN2. The van der Waals surface area contributed by atoms with Gasteiger partial charge in [0.15, 0.2) is 0 Å². The number of hydrogen-bond acceptors (Lipinski definition) is 2. The predicted octanol–water partition coefficient (Wildman–Crippen LogP) is 2.18. The van der Waals surface area contributed by atoms with E-state index < -0.39 is 5.00 Å². The molecule has 0 atom stereocenters. The molecule has 1 aromatic carbocycles. The SMILES string of the molecule is NC1(Cl)CCN(Cc2ccccc2)CC1. The standard InChI is InChI=1S/C12H17ClN2/c13-12(14)6-8-15(9-7-12)10-11-4-2-1-3-5-11/h1-5H,6-10,14H2. The minimum Gasteiger partial charge on any atom is -0.313 e. The summed E-state index contributed by atoms with van der Waals surface area (Å²) in [6.45, 7) is 3.00. The van der Waals surface area contributed by atoms with Crippen LogP contribution in [0.25, 0.3) is 0 Å². The van der Waals surface area contributed by atoms with Crippen LogP contribution >= 0.6 is 11.6 Å². The average molecular weight is 225 g/mol. The molecule has 2 nitrogen and oxygen atoms in total. The van der Waals surface area contributed by atoms with Gasteiger partial charge in [0.2, 0.25) is 0 Å². The van der Waals surface area contributed by atoms with Crippen molar-refractivity contribution in [1.82, 2.24) is 4.90 Å². The van der Waals surface area contributed by atoms with Crippen LogP contribution < -0.4 is 5.73 Å². The summed E-state index contributed by atoms with van der Waals surface area (Å²) in [5.41, 5.74) is 7.23. The molecule has 1 saturated heterocycles. The molecule has 2 N–H and O–H groups in total. The fourth-order valence-corrected chi connectivity index (χ4v) is 2.09. The molecule has 2 rings (SSSR count). The van der Waals surface area contributed by atoms with E-state index in [1.807, 2.05) is 6.07 Å². The highest BCUT2D eigenvalue weighted by atomic mass is 35.5. The number of benzene rings is 1. The molecule has 0 aromatic heterocycles. The largest absolute Gasteiger partial charge is 0.313 e. The van der Waals surface area contributed by atoms with E-state index in [1.54, 1.807) is 0 Å². The van der Waals surface area contributed by atoms with E-state index in [0.29, 0.717) is 0 Å². The summed E-state index contributed by atoms with van der Waals surface area (Å²) in [6.07, 6.45) is 1.75. The minimum atomic E-state index is -0.465. The van der Waals surface area contributed by atoms with Gasteiger partial charge in [-0.25, -0.2) is 0 Å². The van der Waals surface area contributed by atoms with Crippen molar-refractivity contribution < 1.29 is 0 Å². The highest BCUT2D eigenvalue weighted by Crippen LogP contribution is 2.24. The monoisotopic (exact) mass is 224 g/mol. The van der Waals surface area contributed by atoms with Crippen molar-refractivity contribution in [2.45, 2.75) is 24.4 Å². The predicted molar refractivity (Wildman–Crippen MR) is 63.7 cm³/mol. The molecule has 0 saturated carbocycles. The van der Waals surface area contributed by atoms with Crippen molar-refractivity contribution in [3.8, 4) is 0 Å². The number of halogens is 1. The van der Waals surface area contributed by atoms with Gasteiger partial charge < -0.3 is 5.73 Å². The Balaban J connectivity index is 1.88. The summed E-state index contributed by atoms with van der Waals surface area (Å²) in [7, 11) is 0. The number of rotatable bonds is 2. The van der Waals surface area contributed by atoms with Crippen molar-refractivity contribution in [2.24, 2.45) is 5.73 Å². The van der Waals surface area contributed by atoms with Gasteiger partial charge in [0.05, 0.1) is 5.00 Å². The zero-order valence-electron chi connectivity index (χ0n) is 8.82. The van der Waals surface area contributed by atoms with Crippen molar-refractivity contribution in [1.29, 1.82) is 0 Å². The third kappa shape index (κ3) is 3.20. The molecule has 82 valence electrons. The zero-order chi connectivity index (χ0) is 10.7. The molecule has 0 amide bonds. The van der Waals surface area contributed by atoms with Gasteiger partial charge in [-0.2, -0.15) is 0 Å². The molecule has 3 heteroatoms. The van der Waals surface area contributed by atoms with Crippen LogP contribution in [0.1, 0.15) is 18.4 Å². The van der Waals surface area contributed by atoms with Crippen molar-refractivity contribution >= 4 is 11.6 Å². The zero-order valence-corrected chi connectivity index (χ0v) is 9.58. The molecule has 15 heavy (non-hydrogen) atoms. The molecule has 1 aliphatic rings. The lowest BCUT2D eigenvalue weighted by molar-refractivity contribution is 0.192. The second kappa shape index (κ2) is 4.52. The molecule has 1 heterocycles. The molecule has 1 aliphatic heterocycles. The fraction of sp³-hybridized carbons (Fsp3) is 0.500. The van der Waals surface area contributed by atoms with Gasteiger partial charge in [-0.1, -0.05) is 30.3 Å². The number of hydrogen-bond donors (Lipinski definition) is 1. The van der Waals surface area contributed by atoms with Gasteiger partial charge in [0, 0.05) is 19.6 Å². The van der Waals surface area contributed by atoms with E-state index in [1.165, 1.54) is 5.56 Å².